The van der Waals surface area contributed by atoms with Gasteiger partial charge in [0, 0.05) is 11.3 Å². The molecule has 124 valence electrons. The summed E-state index contributed by atoms with van der Waals surface area (Å²) in [7, 11) is -7.54. The van der Waals surface area contributed by atoms with Crippen molar-refractivity contribution in [1.82, 2.24) is 0 Å². The molecule has 0 atom stereocenters. The van der Waals surface area contributed by atoms with Crippen LogP contribution in [0.4, 0.5) is 0 Å². The maximum Gasteiger partial charge on any atom is 0.203 e. The van der Waals surface area contributed by atoms with Crippen LogP contribution in [0.15, 0.2) is 58.3 Å². The number of benzene rings is 2. The number of ether oxygens (including phenoxy) is 1. The van der Waals surface area contributed by atoms with Gasteiger partial charge >= 0.3 is 0 Å². The van der Waals surface area contributed by atoms with Crippen LogP contribution < -0.4 is 0 Å². The third-order valence-corrected chi connectivity index (χ3v) is 6.00. The van der Waals surface area contributed by atoms with Crippen molar-refractivity contribution in [1.29, 1.82) is 0 Å². The van der Waals surface area contributed by atoms with Gasteiger partial charge in [-0.3, -0.25) is 0 Å². The summed E-state index contributed by atoms with van der Waals surface area (Å²) in [4.78, 5) is -0.486. The van der Waals surface area contributed by atoms with Crippen molar-refractivity contribution in [3.63, 3.8) is 0 Å². The number of hydrogen-bond donors (Lipinski definition) is 0. The molecule has 0 fully saturated rings. The molecule has 5 nitrogen and oxygen atoms in total. The first kappa shape index (κ1) is 17.9. The molecular formula is C15H15ClO5S2. The standard InChI is InChI=1S/C15H15ClO5S2/c1-22(17,18)14-7-2-3-8-15(14)23(19,20)11-21-10-12-5-4-6-13(16)9-12/h2-9H,10-11H2,1H3. The van der Waals surface area contributed by atoms with Gasteiger partial charge in [0.2, 0.25) is 9.84 Å². The highest BCUT2D eigenvalue weighted by atomic mass is 35.5. The summed E-state index contributed by atoms with van der Waals surface area (Å²) in [5.74, 6) is -0.619. The van der Waals surface area contributed by atoms with Gasteiger partial charge in [0.1, 0.15) is 0 Å². The minimum atomic E-state index is -3.89. The number of sulfone groups is 2. The molecule has 8 heteroatoms. The van der Waals surface area contributed by atoms with E-state index in [2.05, 4.69) is 0 Å². The van der Waals surface area contributed by atoms with Gasteiger partial charge in [0.25, 0.3) is 0 Å². The molecule has 0 saturated carbocycles. The molecule has 0 radical (unpaired) electrons. The SMILES string of the molecule is CS(=O)(=O)c1ccccc1S(=O)(=O)COCc1cccc(Cl)c1. The second-order valence-corrected chi connectivity index (χ2v) is 9.26. The van der Waals surface area contributed by atoms with E-state index >= 15 is 0 Å². The average Bonchev–Trinajstić information content (AvgIpc) is 2.46. The number of hydrogen-bond acceptors (Lipinski definition) is 5. The minimum absolute atomic E-state index is 0.0564. The van der Waals surface area contributed by atoms with Crippen molar-refractivity contribution in [2.75, 3.05) is 12.2 Å². The first-order valence-corrected chi connectivity index (χ1v) is 10.5. The van der Waals surface area contributed by atoms with E-state index in [1.54, 1.807) is 24.3 Å². The fourth-order valence-corrected chi connectivity index (χ4v) is 4.87. The van der Waals surface area contributed by atoms with E-state index in [1.807, 2.05) is 0 Å². The van der Waals surface area contributed by atoms with Crippen LogP contribution in [0.5, 0.6) is 0 Å². The van der Waals surface area contributed by atoms with Crippen LogP contribution in [-0.4, -0.2) is 29.0 Å². The Morgan fingerprint density at radius 3 is 2.22 bits per heavy atom. The molecule has 2 aromatic carbocycles. The molecule has 0 spiro atoms. The van der Waals surface area contributed by atoms with Gasteiger partial charge in [-0.1, -0.05) is 35.9 Å². The van der Waals surface area contributed by atoms with Crippen molar-refractivity contribution in [3.8, 4) is 0 Å². The van der Waals surface area contributed by atoms with Crippen molar-refractivity contribution >= 4 is 31.3 Å². The van der Waals surface area contributed by atoms with Crippen LogP contribution in [0.3, 0.4) is 0 Å². The lowest BCUT2D eigenvalue weighted by Gasteiger charge is -2.10. The predicted octanol–water partition coefficient (Wildman–Crippen LogP) is 2.69. The Morgan fingerprint density at radius 1 is 0.957 bits per heavy atom. The Hall–Kier alpha value is -1.41. The van der Waals surface area contributed by atoms with Gasteiger partial charge in [0.05, 0.1) is 16.4 Å². The molecular weight excluding hydrogens is 360 g/mol. The summed E-state index contributed by atoms with van der Waals surface area (Å²) in [6.45, 7) is 0.0564. The number of halogens is 1. The Kier molecular flexibility index (Phi) is 5.46. The van der Waals surface area contributed by atoms with E-state index in [0.717, 1.165) is 11.8 Å². The average molecular weight is 375 g/mol. The fourth-order valence-electron chi connectivity index (χ4n) is 1.97. The molecule has 2 rings (SSSR count). The molecule has 0 bridgehead atoms. The summed E-state index contributed by atoms with van der Waals surface area (Å²) < 4.78 is 53.3. The van der Waals surface area contributed by atoms with Gasteiger partial charge in [-0.05, 0) is 29.8 Å². The molecule has 0 amide bonds. The molecule has 0 aliphatic heterocycles. The van der Waals surface area contributed by atoms with E-state index < -0.39 is 25.6 Å². The monoisotopic (exact) mass is 374 g/mol. The maximum absolute atomic E-state index is 12.3. The summed E-state index contributed by atoms with van der Waals surface area (Å²) in [5, 5.41) is 0.524. The smallest absolute Gasteiger partial charge is 0.203 e. The maximum atomic E-state index is 12.3. The molecule has 0 unspecified atom stereocenters. The topological polar surface area (TPSA) is 77.5 Å². The molecule has 0 saturated heterocycles. The molecule has 0 aromatic heterocycles. The minimum Gasteiger partial charge on any atom is -0.360 e. The summed E-state index contributed by atoms with van der Waals surface area (Å²) >= 11 is 5.84. The molecule has 0 N–H and O–H groups in total. The quantitative estimate of drug-likeness (QED) is 0.776. The Morgan fingerprint density at radius 2 is 1.61 bits per heavy atom. The third kappa shape index (κ3) is 4.78. The highest BCUT2D eigenvalue weighted by Gasteiger charge is 2.23. The third-order valence-electron chi connectivity index (χ3n) is 2.98. The van der Waals surface area contributed by atoms with Crippen molar-refractivity contribution in [2.24, 2.45) is 0 Å². The van der Waals surface area contributed by atoms with Gasteiger partial charge in [-0.2, -0.15) is 0 Å². The molecule has 0 heterocycles. The number of rotatable bonds is 6. The zero-order valence-electron chi connectivity index (χ0n) is 12.3. The molecule has 2 aromatic rings. The first-order valence-electron chi connectivity index (χ1n) is 6.54. The van der Waals surface area contributed by atoms with Gasteiger partial charge in [-0.25, -0.2) is 16.8 Å². The summed E-state index contributed by atoms with van der Waals surface area (Å²) in [5.41, 5.74) is 0.726. The van der Waals surface area contributed by atoms with Crippen LogP contribution in [0, 0.1) is 0 Å². The van der Waals surface area contributed by atoms with Gasteiger partial charge < -0.3 is 4.74 Å². The van der Waals surface area contributed by atoms with Crippen LogP contribution in [0.2, 0.25) is 5.02 Å². The summed E-state index contributed by atoms with van der Waals surface area (Å²) in [6.07, 6.45) is 0.966. The van der Waals surface area contributed by atoms with Crippen LogP contribution in [0.1, 0.15) is 5.56 Å². The second-order valence-electron chi connectivity index (χ2n) is 4.93. The zero-order valence-corrected chi connectivity index (χ0v) is 14.7. The van der Waals surface area contributed by atoms with Gasteiger partial charge in [-0.15, -0.1) is 0 Å². The van der Waals surface area contributed by atoms with Crippen LogP contribution in [-0.2, 0) is 31.0 Å². The first-order chi connectivity index (χ1) is 10.7. The van der Waals surface area contributed by atoms with E-state index in [1.165, 1.54) is 24.3 Å². The Balaban J connectivity index is 2.17. The van der Waals surface area contributed by atoms with E-state index in [-0.39, 0.29) is 16.4 Å². The van der Waals surface area contributed by atoms with Crippen LogP contribution >= 0.6 is 11.6 Å². The fraction of sp³-hybridized carbons (Fsp3) is 0.200. The van der Waals surface area contributed by atoms with Crippen LogP contribution in [0.25, 0.3) is 0 Å². The van der Waals surface area contributed by atoms with Crippen molar-refractivity contribution in [2.45, 2.75) is 16.4 Å². The molecule has 0 aliphatic carbocycles. The highest BCUT2D eigenvalue weighted by molar-refractivity contribution is 7.94. The second kappa shape index (κ2) is 7.00. The molecule has 23 heavy (non-hydrogen) atoms. The molecule has 0 aliphatic rings. The summed E-state index contributed by atoms with van der Waals surface area (Å²) in [6, 6.07) is 12.3. The predicted molar refractivity (Wildman–Crippen MR) is 87.8 cm³/mol. The van der Waals surface area contributed by atoms with Crippen molar-refractivity contribution in [3.05, 3.63) is 59.1 Å². The van der Waals surface area contributed by atoms with E-state index in [0.29, 0.717) is 5.02 Å². The Labute approximate surface area is 140 Å². The lowest BCUT2D eigenvalue weighted by atomic mass is 10.2. The van der Waals surface area contributed by atoms with E-state index in [4.69, 9.17) is 16.3 Å². The van der Waals surface area contributed by atoms with Crippen molar-refractivity contribution < 1.29 is 21.6 Å². The lowest BCUT2D eigenvalue weighted by Crippen LogP contribution is -2.14. The lowest BCUT2D eigenvalue weighted by molar-refractivity contribution is 0.163. The normalized spacial score (nSPS) is 12.3. The largest absolute Gasteiger partial charge is 0.360 e. The highest BCUT2D eigenvalue weighted by Crippen LogP contribution is 2.22. The van der Waals surface area contributed by atoms with Gasteiger partial charge in [0.15, 0.2) is 15.8 Å². The Bertz CT molecular complexity index is 905. The van der Waals surface area contributed by atoms with E-state index in [9.17, 15) is 16.8 Å². The zero-order chi connectivity index (χ0) is 17.1.